The van der Waals surface area contributed by atoms with E-state index in [1.54, 1.807) is 11.8 Å². The fraction of sp³-hybridized carbons (Fsp3) is 0.600. The Labute approximate surface area is 100 Å². The molecule has 2 rings (SSSR count). The third kappa shape index (κ3) is 2.71. The molecule has 0 radical (unpaired) electrons. The molecular formula is C10H11F3N2OS. The Bertz CT molecular complexity index is 405. The molecule has 1 aromatic heterocycles. The second-order valence-electron chi connectivity index (χ2n) is 3.76. The largest absolute Gasteiger partial charge is 0.433 e. The van der Waals surface area contributed by atoms with Crippen LogP contribution in [0.25, 0.3) is 0 Å². The first-order valence-electron chi connectivity index (χ1n) is 5.18. The summed E-state index contributed by atoms with van der Waals surface area (Å²) in [6, 6.07) is 0. The molecule has 0 aromatic carbocycles. The number of nitrogens with zero attached hydrogens (tertiary/aromatic N) is 2. The van der Waals surface area contributed by atoms with E-state index < -0.39 is 18.5 Å². The lowest BCUT2D eigenvalue weighted by atomic mass is 10.2. The lowest BCUT2D eigenvalue weighted by Crippen LogP contribution is -2.15. The van der Waals surface area contributed by atoms with Gasteiger partial charge in [0.15, 0.2) is 5.69 Å². The Morgan fingerprint density at radius 2 is 2.24 bits per heavy atom. The number of halogens is 3. The molecule has 1 aliphatic heterocycles. The topological polar surface area (TPSA) is 46.0 Å². The number of thioether (sulfide) groups is 1. The van der Waals surface area contributed by atoms with Crippen molar-refractivity contribution in [2.24, 2.45) is 0 Å². The average molecular weight is 264 g/mol. The maximum absolute atomic E-state index is 12.7. The Morgan fingerprint density at radius 3 is 2.76 bits per heavy atom. The van der Waals surface area contributed by atoms with Crippen molar-refractivity contribution >= 4 is 11.8 Å². The standard InChI is InChI=1S/C10H11F3N2OS/c11-10(12,13)8-6(5-16)4-14-9(15-8)7-2-1-3-17-7/h4,7,16H,1-3,5H2. The Balaban J connectivity index is 2.37. The second-order valence-corrected chi connectivity index (χ2v) is 5.07. The van der Waals surface area contributed by atoms with Gasteiger partial charge in [-0.2, -0.15) is 24.9 Å². The zero-order chi connectivity index (χ0) is 12.5. The first-order valence-corrected chi connectivity index (χ1v) is 6.22. The molecule has 1 aliphatic rings. The Morgan fingerprint density at radius 1 is 1.47 bits per heavy atom. The summed E-state index contributed by atoms with van der Waals surface area (Å²) in [6.45, 7) is -0.701. The van der Waals surface area contributed by atoms with Gasteiger partial charge in [0.05, 0.1) is 11.9 Å². The highest BCUT2D eigenvalue weighted by Crippen LogP contribution is 2.39. The van der Waals surface area contributed by atoms with Crippen LogP contribution in [0.5, 0.6) is 0 Å². The van der Waals surface area contributed by atoms with Crippen molar-refractivity contribution in [3.8, 4) is 0 Å². The number of hydrogen-bond acceptors (Lipinski definition) is 4. The van der Waals surface area contributed by atoms with Crippen LogP contribution in [-0.2, 0) is 12.8 Å². The van der Waals surface area contributed by atoms with Crippen LogP contribution in [0.2, 0.25) is 0 Å². The third-order valence-corrected chi connectivity index (χ3v) is 3.91. The van der Waals surface area contributed by atoms with Crippen molar-refractivity contribution < 1.29 is 18.3 Å². The molecule has 3 nitrogen and oxygen atoms in total. The zero-order valence-corrected chi connectivity index (χ0v) is 9.68. The van der Waals surface area contributed by atoms with Gasteiger partial charge >= 0.3 is 6.18 Å². The molecule has 0 aliphatic carbocycles. The monoisotopic (exact) mass is 264 g/mol. The summed E-state index contributed by atoms with van der Waals surface area (Å²) in [5.41, 5.74) is -1.29. The lowest BCUT2D eigenvalue weighted by molar-refractivity contribution is -0.142. The van der Waals surface area contributed by atoms with Crippen LogP contribution in [-0.4, -0.2) is 20.8 Å². The van der Waals surface area contributed by atoms with Crippen LogP contribution < -0.4 is 0 Å². The molecule has 94 valence electrons. The minimum absolute atomic E-state index is 0.0520. The zero-order valence-electron chi connectivity index (χ0n) is 8.87. The van der Waals surface area contributed by atoms with Gasteiger partial charge in [-0.05, 0) is 18.6 Å². The summed E-state index contributed by atoms with van der Waals surface area (Å²) in [6.07, 6.45) is -1.69. The van der Waals surface area contributed by atoms with Crippen LogP contribution in [0.1, 0.15) is 35.2 Å². The van der Waals surface area contributed by atoms with Gasteiger partial charge in [0.1, 0.15) is 5.82 Å². The van der Waals surface area contributed by atoms with Gasteiger partial charge in [0.2, 0.25) is 0 Å². The molecular weight excluding hydrogens is 253 g/mol. The van der Waals surface area contributed by atoms with Crippen LogP contribution in [0.3, 0.4) is 0 Å². The fourth-order valence-corrected chi connectivity index (χ4v) is 2.93. The molecule has 0 amide bonds. The molecule has 17 heavy (non-hydrogen) atoms. The van der Waals surface area contributed by atoms with Crippen molar-refractivity contribution in [2.45, 2.75) is 30.9 Å². The quantitative estimate of drug-likeness (QED) is 0.891. The second kappa shape index (κ2) is 4.81. The van der Waals surface area contributed by atoms with Crippen LogP contribution in [0.15, 0.2) is 6.20 Å². The van der Waals surface area contributed by atoms with E-state index in [-0.39, 0.29) is 16.6 Å². The van der Waals surface area contributed by atoms with Crippen molar-refractivity contribution in [3.63, 3.8) is 0 Å². The normalized spacial score (nSPS) is 20.8. The Kier molecular flexibility index (Phi) is 3.58. The van der Waals surface area contributed by atoms with Crippen molar-refractivity contribution in [1.29, 1.82) is 0 Å². The molecule has 2 heterocycles. The Hall–Kier alpha value is -0.820. The van der Waals surface area contributed by atoms with Crippen LogP contribution in [0.4, 0.5) is 13.2 Å². The summed E-state index contributed by atoms with van der Waals surface area (Å²) in [7, 11) is 0. The van der Waals surface area contributed by atoms with E-state index in [9.17, 15) is 13.2 Å². The highest BCUT2D eigenvalue weighted by molar-refractivity contribution is 7.99. The molecule has 1 N–H and O–H groups in total. The average Bonchev–Trinajstić information content (AvgIpc) is 2.80. The predicted octanol–water partition coefficient (Wildman–Crippen LogP) is 2.56. The van der Waals surface area contributed by atoms with E-state index in [0.29, 0.717) is 0 Å². The van der Waals surface area contributed by atoms with E-state index in [1.165, 1.54) is 0 Å². The highest BCUT2D eigenvalue weighted by atomic mass is 32.2. The molecule has 1 saturated heterocycles. The van der Waals surface area contributed by atoms with E-state index in [4.69, 9.17) is 5.11 Å². The molecule has 0 spiro atoms. The van der Waals surface area contributed by atoms with Crippen molar-refractivity contribution in [3.05, 3.63) is 23.3 Å². The summed E-state index contributed by atoms with van der Waals surface area (Å²) >= 11 is 1.57. The number of rotatable bonds is 2. The van der Waals surface area contributed by atoms with Crippen LogP contribution >= 0.6 is 11.8 Å². The maximum atomic E-state index is 12.7. The van der Waals surface area contributed by atoms with Gasteiger partial charge in [0, 0.05) is 11.8 Å². The van der Waals surface area contributed by atoms with Gasteiger partial charge in [0.25, 0.3) is 0 Å². The van der Waals surface area contributed by atoms with Crippen molar-refractivity contribution in [2.75, 3.05) is 5.75 Å². The van der Waals surface area contributed by atoms with Crippen molar-refractivity contribution in [1.82, 2.24) is 9.97 Å². The summed E-state index contributed by atoms with van der Waals surface area (Å²) in [5, 5.41) is 8.80. The number of aliphatic hydroxyl groups excluding tert-OH is 1. The SMILES string of the molecule is OCc1cnc(C2CCCS2)nc1C(F)(F)F. The predicted molar refractivity (Wildman–Crippen MR) is 57.4 cm³/mol. The molecule has 1 fully saturated rings. The number of aliphatic hydroxyl groups is 1. The lowest BCUT2D eigenvalue weighted by Gasteiger charge is -2.13. The number of alkyl halides is 3. The molecule has 7 heteroatoms. The summed E-state index contributed by atoms with van der Waals surface area (Å²) in [5.74, 6) is 1.15. The molecule has 0 saturated carbocycles. The van der Waals surface area contributed by atoms with Gasteiger partial charge < -0.3 is 5.11 Å². The van der Waals surface area contributed by atoms with Gasteiger partial charge in [-0.25, -0.2) is 9.97 Å². The molecule has 0 bridgehead atoms. The van der Waals surface area contributed by atoms with E-state index >= 15 is 0 Å². The smallest absolute Gasteiger partial charge is 0.392 e. The van der Waals surface area contributed by atoms with E-state index in [0.717, 1.165) is 24.8 Å². The maximum Gasteiger partial charge on any atom is 0.433 e. The third-order valence-electron chi connectivity index (χ3n) is 2.54. The molecule has 1 unspecified atom stereocenters. The highest BCUT2D eigenvalue weighted by Gasteiger charge is 2.36. The van der Waals surface area contributed by atoms with Gasteiger partial charge in [-0.15, -0.1) is 0 Å². The van der Waals surface area contributed by atoms with E-state index in [1.807, 2.05) is 0 Å². The fourth-order valence-electron chi connectivity index (χ4n) is 1.72. The summed E-state index contributed by atoms with van der Waals surface area (Å²) in [4.78, 5) is 7.49. The van der Waals surface area contributed by atoms with Crippen LogP contribution in [0, 0.1) is 0 Å². The number of aromatic nitrogens is 2. The summed E-state index contributed by atoms with van der Waals surface area (Å²) < 4.78 is 38.1. The van der Waals surface area contributed by atoms with Gasteiger partial charge in [-0.1, -0.05) is 0 Å². The van der Waals surface area contributed by atoms with Gasteiger partial charge in [-0.3, -0.25) is 0 Å². The molecule has 1 aromatic rings. The molecule has 1 atom stereocenters. The van der Waals surface area contributed by atoms with E-state index in [2.05, 4.69) is 9.97 Å². The first-order chi connectivity index (χ1) is 8.02. The number of hydrogen-bond donors (Lipinski definition) is 1. The minimum Gasteiger partial charge on any atom is -0.392 e. The first kappa shape index (κ1) is 12.6. The minimum atomic E-state index is -4.54.